The Morgan fingerprint density at radius 1 is 1.17 bits per heavy atom. The van der Waals surface area contributed by atoms with Gasteiger partial charge in [-0.25, -0.2) is 4.98 Å². The van der Waals surface area contributed by atoms with Crippen molar-refractivity contribution < 1.29 is 0 Å². The van der Waals surface area contributed by atoms with Crippen LogP contribution in [0.1, 0.15) is 30.0 Å². The first kappa shape index (κ1) is 13.3. The van der Waals surface area contributed by atoms with E-state index in [9.17, 15) is 0 Å². The highest BCUT2D eigenvalue weighted by molar-refractivity contribution is 9.10. The maximum Gasteiger partial charge on any atom is 0.129 e. The van der Waals surface area contributed by atoms with Crippen LogP contribution in [0.25, 0.3) is 10.9 Å². The normalized spacial score (nSPS) is 10.9. The van der Waals surface area contributed by atoms with E-state index in [0.29, 0.717) is 0 Å². The molecule has 0 aliphatic rings. The average molecular weight is 307 g/mol. The van der Waals surface area contributed by atoms with Crippen molar-refractivity contribution in [2.45, 2.75) is 34.1 Å². The van der Waals surface area contributed by atoms with E-state index in [1.165, 1.54) is 26.5 Å². The summed E-state index contributed by atoms with van der Waals surface area (Å²) >= 11 is 3.64. The summed E-state index contributed by atoms with van der Waals surface area (Å²) in [4.78, 5) is 4.74. The van der Waals surface area contributed by atoms with Gasteiger partial charge in [0.05, 0.1) is 5.52 Å². The molecule has 0 atom stereocenters. The minimum absolute atomic E-state index is 0.966. The molecule has 1 aromatic heterocycles. The molecule has 1 heterocycles. The number of hydrogen-bond donors (Lipinski definition) is 1. The number of rotatable bonds is 3. The van der Waals surface area contributed by atoms with E-state index in [1.807, 2.05) is 0 Å². The molecule has 96 valence electrons. The molecule has 0 saturated heterocycles. The largest absolute Gasteiger partial charge is 0.370 e. The molecule has 0 amide bonds. The summed E-state index contributed by atoms with van der Waals surface area (Å²) < 4.78 is 1.19. The predicted octanol–water partition coefficient (Wildman–Crippen LogP) is 4.74. The lowest BCUT2D eigenvalue weighted by Crippen LogP contribution is -2.04. The van der Waals surface area contributed by atoms with Crippen LogP contribution in [0.3, 0.4) is 0 Å². The second-order valence-corrected chi connectivity index (χ2v) is 5.57. The SMILES string of the molecule is CCCNc1nc2cc(C)c(Br)c(C)c2cc1C. The molecule has 18 heavy (non-hydrogen) atoms. The monoisotopic (exact) mass is 306 g/mol. The molecule has 1 N–H and O–H groups in total. The topological polar surface area (TPSA) is 24.9 Å². The fourth-order valence-corrected chi connectivity index (χ4v) is 2.47. The van der Waals surface area contributed by atoms with E-state index in [0.717, 1.165) is 24.3 Å². The molecular formula is C15H19BrN2. The Kier molecular flexibility index (Phi) is 3.91. The van der Waals surface area contributed by atoms with Gasteiger partial charge in [0.25, 0.3) is 0 Å². The van der Waals surface area contributed by atoms with Crippen LogP contribution in [0.2, 0.25) is 0 Å². The van der Waals surface area contributed by atoms with Gasteiger partial charge in [0, 0.05) is 16.4 Å². The third kappa shape index (κ3) is 2.37. The molecule has 3 heteroatoms. The van der Waals surface area contributed by atoms with Gasteiger partial charge in [-0.15, -0.1) is 0 Å². The number of anilines is 1. The van der Waals surface area contributed by atoms with Gasteiger partial charge in [-0.1, -0.05) is 22.9 Å². The molecular weight excluding hydrogens is 288 g/mol. The smallest absolute Gasteiger partial charge is 0.129 e. The Morgan fingerprint density at radius 2 is 1.89 bits per heavy atom. The fraction of sp³-hybridized carbons (Fsp3) is 0.400. The molecule has 2 rings (SSSR count). The van der Waals surface area contributed by atoms with Gasteiger partial charge >= 0.3 is 0 Å². The maximum atomic E-state index is 4.74. The summed E-state index contributed by atoms with van der Waals surface area (Å²) in [7, 11) is 0. The molecule has 0 fully saturated rings. The second kappa shape index (κ2) is 5.27. The van der Waals surface area contributed by atoms with Crippen LogP contribution in [-0.2, 0) is 0 Å². The predicted molar refractivity (Wildman–Crippen MR) is 82.4 cm³/mol. The first-order valence-electron chi connectivity index (χ1n) is 6.35. The molecule has 0 spiro atoms. The quantitative estimate of drug-likeness (QED) is 0.885. The van der Waals surface area contributed by atoms with Crippen LogP contribution in [0.15, 0.2) is 16.6 Å². The van der Waals surface area contributed by atoms with Crippen molar-refractivity contribution in [1.29, 1.82) is 0 Å². The maximum absolute atomic E-state index is 4.74. The molecule has 0 aliphatic carbocycles. The molecule has 0 unspecified atom stereocenters. The van der Waals surface area contributed by atoms with E-state index in [-0.39, 0.29) is 0 Å². The van der Waals surface area contributed by atoms with Crippen molar-refractivity contribution in [3.8, 4) is 0 Å². The Balaban J connectivity index is 2.61. The zero-order valence-corrected chi connectivity index (χ0v) is 13.0. The molecule has 0 bridgehead atoms. The highest BCUT2D eigenvalue weighted by Gasteiger charge is 2.09. The van der Waals surface area contributed by atoms with Gasteiger partial charge in [-0.3, -0.25) is 0 Å². The number of fused-ring (bicyclic) bond motifs is 1. The number of nitrogens with one attached hydrogen (secondary N) is 1. The molecule has 2 aromatic rings. The number of halogens is 1. The summed E-state index contributed by atoms with van der Waals surface area (Å²) in [6.45, 7) is 9.48. The summed E-state index contributed by atoms with van der Waals surface area (Å²) in [6.07, 6.45) is 1.11. The van der Waals surface area contributed by atoms with Crippen molar-refractivity contribution in [3.63, 3.8) is 0 Å². The third-order valence-corrected chi connectivity index (χ3v) is 4.44. The van der Waals surface area contributed by atoms with E-state index in [4.69, 9.17) is 4.98 Å². The Hall–Kier alpha value is -1.09. The summed E-state index contributed by atoms with van der Waals surface area (Å²) in [5.41, 5.74) is 4.77. The van der Waals surface area contributed by atoms with E-state index in [1.54, 1.807) is 0 Å². The number of aromatic nitrogens is 1. The van der Waals surface area contributed by atoms with Crippen molar-refractivity contribution in [2.24, 2.45) is 0 Å². The van der Waals surface area contributed by atoms with Crippen LogP contribution in [0, 0.1) is 20.8 Å². The van der Waals surface area contributed by atoms with Crippen molar-refractivity contribution in [2.75, 3.05) is 11.9 Å². The zero-order valence-electron chi connectivity index (χ0n) is 11.4. The number of benzene rings is 1. The van der Waals surface area contributed by atoms with Gasteiger partial charge in [-0.2, -0.15) is 0 Å². The lowest BCUT2D eigenvalue weighted by atomic mass is 10.0. The van der Waals surface area contributed by atoms with E-state index >= 15 is 0 Å². The Morgan fingerprint density at radius 3 is 2.56 bits per heavy atom. The number of pyridine rings is 1. The zero-order chi connectivity index (χ0) is 13.3. The summed E-state index contributed by atoms with van der Waals surface area (Å²) in [5, 5.41) is 4.61. The first-order chi connectivity index (χ1) is 8.54. The highest BCUT2D eigenvalue weighted by Crippen LogP contribution is 2.30. The minimum atomic E-state index is 0.966. The number of aryl methyl sites for hydroxylation is 3. The van der Waals surface area contributed by atoms with Gasteiger partial charge < -0.3 is 5.32 Å². The van der Waals surface area contributed by atoms with Gasteiger partial charge in [0.15, 0.2) is 0 Å². The molecule has 0 saturated carbocycles. The second-order valence-electron chi connectivity index (χ2n) is 4.78. The first-order valence-corrected chi connectivity index (χ1v) is 7.14. The molecule has 0 aliphatic heterocycles. The van der Waals surface area contributed by atoms with Crippen LogP contribution in [-0.4, -0.2) is 11.5 Å². The van der Waals surface area contributed by atoms with Gasteiger partial charge in [0.1, 0.15) is 5.82 Å². The standard InChI is InChI=1S/C15H19BrN2/c1-5-6-17-15-10(3)7-12-11(4)14(16)9(2)8-13(12)18-15/h7-8H,5-6H2,1-4H3,(H,17,18). The third-order valence-electron chi connectivity index (χ3n) is 3.22. The van der Waals surface area contributed by atoms with Gasteiger partial charge in [0.2, 0.25) is 0 Å². The number of nitrogens with zero attached hydrogens (tertiary/aromatic N) is 1. The van der Waals surface area contributed by atoms with Crippen molar-refractivity contribution in [1.82, 2.24) is 4.98 Å². The lowest BCUT2D eigenvalue weighted by Gasteiger charge is -2.12. The van der Waals surface area contributed by atoms with E-state index in [2.05, 4.69) is 61.1 Å². The Labute approximate surface area is 117 Å². The number of hydrogen-bond acceptors (Lipinski definition) is 2. The summed E-state index contributed by atoms with van der Waals surface area (Å²) in [6, 6.07) is 4.36. The van der Waals surface area contributed by atoms with Crippen molar-refractivity contribution in [3.05, 3.63) is 33.3 Å². The van der Waals surface area contributed by atoms with Crippen LogP contribution in [0.4, 0.5) is 5.82 Å². The summed E-state index contributed by atoms with van der Waals surface area (Å²) in [5.74, 6) is 1.01. The highest BCUT2D eigenvalue weighted by atomic mass is 79.9. The average Bonchev–Trinajstić information content (AvgIpc) is 2.35. The van der Waals surface area contributed by atoms with Gasteiger partial charge in [-0.05, 0) is 56.0 Å². The molecule has 2 nitrogen and oxygen atoms in total. The van der Waals surface area contributed by atoms with Crippen LogP contribution in [0.5, 0.6) is 0 Å². The molecule has 1 aromatic carbocycles. The van der Waals surface area contributed by atoms with Crippen LogP contribution >= 0.6 is 15.9 Å². The minimum Gasteiger partial charge on any atom is -0.370 e. The lowest BCUT2D eigenvalue weighted by molar-refractivity contribution is 0.968. The fourth-order valence-electron chi connectivity index (χ4n) is 2.14. The molecule has 0 radical (unpaired) electrons. The Bertz CT molecular complexity index is 591. The van der Waals surface area contributed by atoms with Crippen LogP contribution < -0.4 is 5.32 Å². The van der Waals surface area contributed by atoms with E-state index < -0.39 is 0 Å². The van der Waals surface area contributed by atoms with Crippen molar-refractivity contribution >= 4 is 32.7 Å².